The molecule has 0 atom stereocenters. The van der Waals surface area contributed by atoms with Crippen LogP contribution in [0.3, 0.4) is 0 Å². The van der Waals surface area contributed by atoms with Gasteiger partial charge >= 0.3 is 5.97 Å². The molecule has 164 valence electrons. The highest BCUT2D eigenvalue weighted by Gasteiger charge is 2.31. The van der Waals surface area contributed by atoms with E-state index in [2.05, 4.69) is 53.5 Å². The first-order valence-corrected chi connectivity index (χ1v) is 11.3. The van der Waals surface area contributed by atoms with Gasteiger partial charge in [-0.2, -0.15) is 5.10 Å². The number of H-pyrrole nitrogens is 1. The quantitative estimate of drug-likeness (QED) is 0.243. The van der Waals surface area contributed by atoms with Crippen LogP contribution in [0.25, 0.3) is 28.1 Å². The largest absolute Gasteiger partial charge is 0.478 e. The molecular formula is C28H23ClN2O2. The van der Waals surface area contributed by atoms with Crippen molar-refractivity contribution in [2.75, 3.05) is 0 Å². The minimum absolute atomic E-state index is 0.492. The lowest BCUT2D eigenvalue weighted by molar-refractivity contribution is -0.131. The lowest BCUT2D eigenvalue weighted by atomic mass is 9.85. The van der Waals surface area contributed by atoms with Crippen LogP contribution < -0.4 is 0 Å². The lowest BCUT2D eigenvalue weighted by Crippen LogP contribution is -1.99. The predicted octanol–water partition coefficient (Wildman–Crippen LogP) is 6.99. The normalized spacial score (nSPS) is 14.6. The van der Waals surface area contributed by atoms with Crippen LogP contribution in [0.5, 0.6) is 0 Å². The molecule has 1 fully saturated rings. The maximum Gasteiger partial charge on any atom is 0.328 e. The van der Waals surface area contributed by atoms with E-state index in [1.54, 1.807) is 6.08 Å². The first kappa shape index (κ1) is 21.2. The number of fused-ring (bicyclic) bond motifs is 1. The van der Waals surface area contributed by atoms with Crippen molar-refractivity contribution in [2.24, 2.45) is 5.92 Å². The highest BCUT2D eigenvalue weighted by molar-refractivity contribution is 6.30. The second-order valence-corrected chi connectivity index (χ2v) is 8.92. The minimum atomic E-state index is -0.956. The number of nitrogens with one attached hydrogen (secondary N) is 1. The third-order valence-electron chi connectivity index (χ3n) is 6.08. The molecule has 5 rings (SSSR count). The highest BCUT2D eigenvalue weighted by atomic mass is 35.5. The van der Waals surface area contributed by atoms with Crippen molar-refractivity contribution in [3.63, 3.8) is 0 Å². The van der Waals surface area contributed by atoms with E-state index < -0.39 is 5.97 Å². The van der Waals surface area contributed by atoms with Gasteiger partial charge in [-0.3, -0.25) is 5.10 Å². The fraction of sp³-hybridized carbons (Fsp3) is 0.143. The average molecular weight is 455 g/mol. The summed E-state index contributed by atoms with van der Waals surface area (Å²) >= 11 is 6.28. The summed E-state index contributed by atoms with van der Waals surface area (Å²) in [6.45, 7) is 2.11. The fourth-order valence-electron chi connectivity index (χ4n) is 4.36. The Morgan fingerprint density at radius 1 is 1.06 bits per heavy atom. The molecular weight excluding hydrogens is 432 g/mol. The Labute approximate surface area is 197 Å². The van der Waals surface area contributed by atoms with Crippen LogP contribution in [0.2, 0.25) is 5.02 Å². The van der Waals surface area contributed by atoms with E-state index in [0.29, 0.717) is 5.92 Å². The standard InChI is InChI=1S/C28H23ClN2O2/c1-17-14-23(29)10-11-24(17)28(20-7-8-20)27(21-9-12-25-22(15-21)16-30-31-25)19-5-2-18(3-6-19)4-13-26(32)33/h2-6,9-16,20H,7-8H2,1H3,(H,30,31)(H,32,33)/b13-4+,28-27+. The summed E-state index contributed by atoms with van der Waals surface area (Å²) in [4.78, 5) is 10.9. The number of aliphatic carboxylic acids is 1. The number of carboxylic acids is 1. The first-order valence-electron chi connectivity index (χ1n) is 11.0. The van der Waals surface area contributed by atoms with Crippen LogP contribution in [-0.4, -0.2) is 21.3 Å². The van der Waals surface area contributed by atoms with Gasteiger partial charge in [0, 0.05) is 16.5 Å². The number of carbonyl (C=O) groups is 1. The van der Waals surface area contributed by atoms with Gasteiger partial charge in [0.05, 0.1) is 11.7 Å². The number of carboxylic acid groups (broad SMARTS) is 1. The monoisotopic (exact) mass is 454 g/mol. The Morgan fingerprint density at radius 2 is 1.82 bits per heavy atom. The molecule has 0 amide bonds. The van der Waals surface area contributed by atoms with E-state index in [1.807, 2.05) is 30.5 Å². The number of nitrogens with zero attached hydrogens (tertiary/aromatic N) is 1. The lowest BCUT2D eigenvalue weighted by Gasteiger charge is -2.19. The zero-order chi connectivity index (χ0) is 22.9. The van der Waals surface area contributed by atoms with Gasteiger partial charge in [-0.15, -0.1) is 0 Å². The van der Waals surface area contributed by atoms with Gasteiger partial charge in [0.2, 0.25) is 0 Å². The molecule has 0 aliphatic heterocycles. The smallest absolute Gasteiger partial charge is 0.328 e. The minimum Gasteiger partial charge on any atom is -0.478 e. The molecule has 1 saturated carbocycles. The molecule has 1 aliphatic rings. The van der Waals surface area contributed by atoms with Gasteiger partial charge in [-0.05, 0) is 95.0 Å². The van der Waals surface area contributed by atoms with Crippen LogP contribution in [0, 0.1) is 12.8 Å². The predicted molar refractivity (Wildman–Crippen MR) is 134 cm³/mol. The van der Waals surface area contributed by atoms with E-state index in [0.717, 1.165) is 57.1 Å². The number of allylic oxidation sites excluding steroid dienone is 1. The highest BCUT2D eigenvalue weighted by Crippen LogP contribution is 2.48. The Morgan fingerprint density at radius 3 is 2.52 bits per heavy atom. The summed E-state index contributed by atoms with van der Waals surface area (Å²) < 4.78 is 0. The average Bonchev–Trinajstić information content (AvgIpc) is 3.53. The van der Waals surface area contributed by atoms with E-state index in [1.165, 1.54) is 16.7 Å². The SMILES string of the molecule is Cc1cc(Cl)ccc1/C(=C(\c1ccc(/C=C/C(=O)O)cc1)c1ccc2[nH]ncc2c1)C1CC1. The third-order valence-corrected chi connectivity index (χ3v) is 6.32. The molecule has 5 heteroatoms. The molecule has 0 unspecified atom stereocenters. The van der Waals surface area contributed by atoms with Crippen molar-refractivity contribution >= 4 is 45.7 Å². The van der Waals surface area contributed by atoms with Gasteiger partial charge in [0.25, 0.3) is 0 Å². The fourth-order valence-corrected chi connectivity index (χ4v) is 4.59. The summed E-state index contributed by atoms with van der Waals surface area (Å²) in [7, 11) is 0. The Kier molecular flexibility index (Phi) is 5.61. The number of rotatable bonds is 6. The zero-order valence-corrected chi connectivity index (χ0v) is 18.9. The van der Waals surface area contributed by atoms with Crippen molar-refractivity contribution in [2.45, 2.75) is 19.8 Å². The van der Waals surface area contributed by atoms with Crippen molar-refractivity contribution in [3.8, 4) is 0 Å². The van der Waals surface area contributed by atoms with Crippen molar-refractivity contribution < 1.29 is 9.90 Å². The second kappa shape index (κ2) is 8.72. The molecule has 0 bridgehead atoms. The topological polar surface area (TPSA) is 66.0 Å². The molecule has 4 nitrogen and oxygen atoms in total. The van der Waals surface area contributed by atoms with E-state index in [9.17, 15) is 4.79 Å². The summed E-state index contributed by atoms with van der Waals surface area (Å²) in [6, 6.07) is 20.6. The van der Waals surface area contributed by atoms with Crippen molar-refractivity contribution in [1.29, 1.82) is 0 Å². The summed E-state index contributed by atoms with van der Waals surface area (Å²) in [5.74, 6) is -0.464. The molecule has 1 heterocycles. The maximum absolute atomic E-state index is 10.9. The zero-order valence-electron chi connectivity index (χ0n) is 18.2. The maximum atomic E-state index is 10.9. The number of halogens is 1. The Balaban J connectivity index is 1.73. The number of benzene rings is 3. The van der Waals surface area contributed by atoms with Crippen LogP contribution in [0.15, 0.2) is 72.9 Å². The summed E-state index contributed by atoms with van der Waals surface area (Å²) in [5, 5.41) is 18.0. The van der Waals surface area contributed by atoms with Gasteiger partial charge in [-0.25, -0.2) is 4.79 Å². The van der Waals surface area contributed by atoms with E-state index in [4.69, 9.17) is 16.7 Å². The van der Waals surface area contributed by atoms with Crippen molar-refractivity contribution in [1.82, 2.24) is 10.2 Å². The molecule has 0 saturated heterocycles. The summed E-state index contributed by atoms with van der Waals surface area (Å²) in [6.07, 6.45) is 6.94. The van der Waals surface area contributed by atoms with Gasteiger partial charge < -0.3 is 5.11 Å². The molecule has 1 aromatic heterocycles. The molecule has 4 aromatic rings. The Bertz CT molecular complexity index is 1410. The molecule has 0 radical (unpaired) electrons. The van der Waals surface area contributed by atoms with E-state index in [-0.39, 0.29) is 0 Å². The van der Waals surface area contributed by atoms with Crippen LogP contribution >= 0.6 is 11.6 Å². The Hall–Kier alpha value is -3.63. The first-order chi connectivity index (χ1) is 16.0. The van der Waals surface area contributed by atoms with Crippen LogP contribution in [0.1, 0.15) is 40.7 Å². The number of aromatic amines is 1. The molecule has 3 aromatic carbocycles. The molecule has 2 N–H and O–H groups in total. The molecule has 1 aliphatic carbocycles. The number of hydrogen-bond acceptors (Lipinski definition) is 2. The van der Waals surface area contributed by atoms with Gasteiger partial charge in [-0.1, -0.05) is 48.0 Å². The number of aryl methyl sites for hydroxylation is 1. The van der Waals surface area contributed by atoms with Crippen LogP contribution in [-0.2, 0) is 4.79 Å². The van der Waals surface area contributed by atoms with Gasteiger partial charge in [0.15, 0.2) is 0 Å². The molecule has 0 spiro atoms. The van der Waals surface area contributed by atoms with Gasteiger partial charge in [0.1, 0.15) is 0 Å². The van der Waals surface area contributed by atoms with E-state index >= 15 is 0 Å². The third kappa shape index (κ3) is 4.48. The van der Waals surface area contributed by atoms with Crippen LogP contribution in [0.4, 0.5) is 0 Å². The number of hydrogen-bond donors (Lipinski definition) is 2. The molecule has 33 heavy (non-hydrogen) atoms. The van der Waals surface area contributed by atoms with Crippen molar-refractivity contribution in [3.05, 3.63) is 106 Å². The number of aromatic nitrogens is 2. The summed E-state index contributed by atoms with van der Waals surface area (Å²) in [5.41, 5.74) is 8.99. The second-order valence-electron chi connectivity index (χ2n) is 8.49.